The van der Waals surface area contributed by atoms with Gasteiger partial charge in [0.1, 0.15) is 5.75 Å². The predicted octanol–water partition coefficient (Wildman–Crippen LogP) is 2.39. The van der Waals surface area contributed by atoms with Gasteiger partial charge in [-0.15, -0.1) is 0 Å². The number of nitrogens with one attached hydrogen (secondary N) is 1. The lowest BCUT2D eigenvalue weighted by atomic mass is 10.3. The third-order valence-corrected chi connectivity index (χ3v) is 2.75. The fourth-order valence-corrected chi connectivity index (χ4v) is 1.51. The zero-order chi connectivity index (χ0) is 11.5. The second kappa shape index (κ2) is 4.74. The summed E-state index contributed by atoms with van der Waals surface area (Å²) in [6, 6.07) is 7.49. The Bertz CT molecular complexity index is 390. The summed E-state index contributed by atoms with van der Waals surface area (Å²) in [7, 11) is 0. The van der Waals surface area contributed by atoms with E-state index in [0.29, 0.717) is 16.8 Å². The lowest BCUT2D eigenvalue weighted by Crippen LogP contribution is -2.37. The smallest absolute Gasteiger partial charge is 0.260 e. The van der Waals surface area contributed by atoms with Crippen molar-refractivity contribution < 1.29 is 9.53 Å². The summed E-state index contributed by atoms with van der Waals surface area (Å²) in [5.41, 5.74) is 0. The van der Waals surface area contributed by atoms with Gasteiger partial charge in [0, 0.05) is 6.04 Å². The normalized spacial score (nSPS) is 16.6. The summed E-state index contributed by atoms with van der Waals surface area (Å²) in [6.07, 6.45) is 1.63. The van der Waals surface area contributed by atoms with E-state index in [1.54, 1.807) is 19.1 Å². The second-order valence-electron chi connectivity index (χ2n) is 3.97. The van der Waals surface area contributed by atoms with Crippen LogP contribution in [0.15, 0.2) is 24.3 Å². The first-order chi connectivity index (χ1) is 7.66. The highest BCUT2D eigenvalue weighted by molar-refractivity contribution is 6.32. The minimum Gasteiger partial charge on any atom is -0.479 e. The quantitative estimate of drug-likeness (QED) is 0.876. The molecule has 0 bridgehead atoms. The average molecular weight is 240 g/mol. The topological polar surface area (TPSA) is 38.3 Å². The van der Waals surface area contributed by atoms with Crippen molar-refractivity contribution in [1.29, 1.82) is 0 Å². The van der Waals surface area contributed by atoms with Crippen molar-refractivity contribution in [1.82, 2.24) is 5.32 Å². The van der Waals surface area contributed by atoms with E-state index in [0.717, 1.165) is 12.8 Å². The van der Waals surface area contributed by atoms with Gasteiger partial charge in [-0.05, 0) is 31.9 Å². The molecule has 0 aliphatic heterocycles. The van der Waals surface area contributed by atoms with Gasteiger partial charge in [-0.2, -0.15) is 0 Å². The first kappa shape index (κ1) is 11.3. The van der Waals surface area contributed by atoms with E-state index >= 15 is 0 Å². The van der Waals surface area contributed by atoms with E-state index < -0.39 is 6.10 Å². The van der Waals surface area contributed by atoms with E-state index in [1.807, 2.05) is 12.1 Å². The summed E-state index contributed by atoms with van der Waals surface area (Å²) in [6.45, 7) is 1.72. The number of hydrogen-bond donors (Lipinski definition) is 1. The molecule has 0 radical (unpaired) electrons. The van der Waals surface area contributed by atoms with Crippen LogP contribution in [0.1, 0.15) is 19.8 Å². The highest BCUT2D eigenvalue weighted by atomic mass is 35.5. The number of carbonyl (C=O) groups is 1. The van der Waals surface area contributed by atoms with Crippen LogP contribution in [0.4, 0.5) is 0 Å². The van der Waals surface area contributed by atoms with Gasteiger partial charge in [-0.3, -0.25) is 4.79 Å². The van der Waals surface area contributed by atoms with E-state index in [9.17, 15) is 4.79 Å². The van der Waals surface area contributed by atoms with Gasteiger partial charge in [-0.25, -0.2) is 0 Å². The van der Waals surface area contributed by atoms with E-state index in [4.69, 9.17) is 16.3 Å². The molecule has 2 rings (SSSR count). The van der Waals surface area contributed by atoms with Crippen LogP contribution in [0.25, 0.3) is 0 Å². The van der Waals surface area contributed by atoms with Gasteiger partial charge in [0.2, 0.25) is 0 Å². The molecular weight excluding hydrogens is 226 g/mol. The monoisotopic (exact) mass is 239 g/mol. The number of ether oxygens (including phenoxy) is 1. The lowest BCUT2D eigenvalue weighted by Gasteiger charge is -2.15. The van der Waals surface area contributed by atoms with Crippen LogP contribution in [0, 0.1) is 0 Å². The predicted molar refractivity (Wildman–Crippen MR) is 62.7 cm³/mol. The first-order valence-corrected chi connectivity index (χ1v) is 5.76. The number of halogens is 1. The summed E-state index contributed by atoms with van der Waals surface area (Å²) in [5.74, 6) is 0.463. The third kappa shape index (κ3) is 2.89. The summed E-state index contributed by atoms with van der Waals surface area (Å²) in [4.78, 5) is 11.6. The third-order valence-electron chi connectivity index (χ3n) is 2.43. The van der Waals surface area contributed by atoms with Crippen molar-refractivity contribution in [2.45, 2.75) is 31.9 Å². The molecular formula is C12H14ClNO2. The van der Waals surface area contributed by atoms with Crippen molar-refractivity contribution in [3.63, 3.8) is 0 Å². The van der Waals surface area contributed by atoms with Gasteiger partial charge in [0.15, 0.2) is 6.10 Å². The molecule has 1 fully saturated rings. The number of para-hydroxylation sites is 1. The van der Waals surface area contributed by atoms with E-state index in [2.05, 4.69) is 5.32 Å². The van der Waals surface area contributed by atoms with Crippen LogP contribution in [-0.2, 0) is 4.79 Å². The highest BCUT2D eigenvalue weighted by Crippen LogP contribution is 2.24. The number of rotatable bonds is 4. The average Bonchev–Trinajstić information content (AvgIpc) is 3.05. The zero-order valence-electron chi connectivity index (χ0n) is 9.07. The summed E-state index contributed by atoms with van der Waals surface area (Å²) < 4.78 is 5.49. The van der Waals surface area contributed by atoms with Gasteiger partial charge in [0.05, 0.1) is 5.02 Å². The molecule has 0 unspecified atom stereocenters. The van der Waals surface area contributed by atoms with E-state index in [1.165, 1.54) is 0 Å². The molecule has 1 aliphatic rings. The standard InChI is InChI=1S/C12H14ClNO2/c1-8(12(15)14-9-6-7-9)16-11-5-3-2-4-10(11)13/h2-5,8-9H,6-7H2,1H3,(H,14,15)/t8-/m1/s1. The van der Waals surface area contributed by atoms with Crippen molar-refractivity contribution >= 4 is 17.5 Å². The van der Waals surface area contributed by atoms with Crippen molar-refractivity contribution in [2.24, 2.45) is 0 Å². The van der Waals surface area contributed by atoms with Gasteiger partial charge >= 0.3 is 0 Å². The molecule has 86 valence electrons. The molecule has 3 nitrogen and oxygen atoms in total. The first-order valence-electron chi connectivity index (χ1n) is 5.38. The Morgan fingerprint density at radius 2 is 2.19 bits per heavy atom. The molecule has 1 aliphatic carbocycles. The van der Waals surface area contributed by atoms with Crippen molar-refractivity contribution in [3.05, 3.63) is 29.3 Å². The Kier molecular flexibility index (Phi) is 3.34. The van der Waals surface area contributed by atoms with Crippen molar-refractivity contribution in [2.75, 3.05) is 0 Å². The summed E-state index contributed by atoms with van der Waals surface area (Å²) >= 11 is 5.93. The number of hydrogen-bond acceptors (Lipinski definition) is 2. The molecule has 1 saturated carbocycles. The molecule has 0 spiro atoms. The van der Waals surface area contributed by atoms with Crippen LogP contribution in [-0.4, -0.2) is 18.1 Å². The van der Waals surface area contributed by atoms with E-state index in [-0.39, 0.29) is 5.91 Å². The molecule has 1 atom stereocenters. The second-order valence-corrected chi connectivity index (χ2v) is 4.38. The Hall–Kier alpha value is -1.22. The fraction of sp³-hybridized carbons (Fsp3) is 0.417. The van der Waals surface area contributed by atoms with Gasteiger partial charge in [-0.1, -0.05) is 23.7 Å². The number of carbonyl (C=O) groups excluding carboxylic acids is 1. The molecule has 16 heavy (non-hydrogen) atoms. The van der Waals surface area contributed by atoms with Crippen LogP contribution < -0.4 is 10.1 Å². The van der Waals surface area contributed by atoms with Crippen LogP contribution in [0.2, 0.25) is 5.02 Å². The summed E-state index contributed by atoms with van der Waals surface area (Å²) in [5, 5.41) is 3.41. The molecule has 0 saturated heterocycles. The van der Waals surface area contributed by atoms with Crippen LogP contribution in [0.3, 0.4) is 0 Å². The maximum atomic E-state index is 11.6. The minimum atomic E-state index is -0.513. The fourth-order valence-electron chi connectivity index (χ4n) is 1.33. The number of benzene rings is 1. The van der Waals surface area contributed by atoms with Crippen LogP contribution >= 0.6 is 11.6 Å². The molecule has 1 aromatic carbocycles. The Labute approximate surface area is 99.7 Å². The Morgan fingerprint density at radius 3 is 2.81 bits per heavy atom. The largest absolute Gasteiger partial charge is 0.479 e. The maximum Gasteiger partial charge on any atom is 0.260 e. The highest BCUT2D eigenvalue weighted by Gasteiger charge is 2.26. The van der Waals surface area contributed by atoms with Gasteiger partial charge in [0.25, 0.3) is 5.91 Å². The minimum absolute atomic E-state index is 0.0811. The maximum absolute atomic E-state index is 11.6. The molecule has 1 amide bonds. The zero-order valence-corrected chi connectivity index (χ0v) is 9.83. The van der Waals surface area contributed by atoms with Crippen molar-refractivity contribution in [3.8, 4) is 5.75 Å². The Morgan fingerprint density at radius 1 is 1.50 bits per heavy atom. The SMILES string of the molecule is C[C@@H](Oc1ccccc1Cl)C(=O)NC1CC1. The molecule has 4 heteroatoms. The molecule has 0 aromatic heterocycles. The molecule has 1 N–H and O–H groups in total. The molecule has 0 heterocycles. The number of amides is 1. The lowest BCUT2D eigenvalue weighted by molar-refractivity contribution is -0.127. The van der Waals surface area contributed by atoms with Crippen LogP contribution in [0.5, 0.6) is 5.75 Å². The van der Waals surface area contributed by atoms with Gasteiger partial charge < -0.3 is 10.1 Å². The Balaban J connectivity index is 1.92. The molecule has 1 aromatic rings.